The Bertz CT molecular complexity index is 616. The third-order valence-corrected chi connectivity index (χ3v) is 3.45. The van der Waals surface area contributed by atoms with Crippen LogP contribution in [0.15, 0.2) is 41.2 Å². The van der Waals surface area contributed by atoms with E-state index < -0.39 is 6.10 Å². The minimum Gasteiger partial charge on any atom is -0.482 e. The van der Waals surface area contributed by atoms with Gasteiger partial charge in [-0.3, -0.25) is 4.79 Å². The first-order valence-corrected chi connectivity index (χ1v) is 7.36. The second-order valence-corrected chi connectivity index (χ2v) is 5.42. The molecule has 0 fully saturated rings. The molecule has 0 saturated heterocycles. The molecule has 5 nitrogen and oxygen atoms in total. The van der Waals surface area contributed by atoms with Crippen LogP contribution in [0.2, 0.25) is 10.0 Å². The summed E-state index contributed by atoms with van der Waals surface area (Å²) in [6.45, 7) is 0.159. The van der Waals surface area contributed by atoms with Crippen molar-refractivity contribution >= 4 is 29.1 Å². The standard InChI is InChI=1S/C15H15Cl2NO4/c16-11-1-2-14(12(17)7-11)22-9-15(20)18-5-3-13(19)10-4-6-21-8-10/h1-2,4,6-8,13,19H,3,5,9H2,(H,18,20)/t13-/m1/s1. The van der Waals surface area contributed by atoms with Gasteiger partial charge in [0.2, 0.25) is 0 Å². The van der Waals surface area contributed by atoms with Gasteiger partial charge in [-0.1, -0.05) is 23.2 Å². The number of aliphatic hydroxyl groups is 1. The minimum atomic E-state index is -0.675. The summed E-state index contributed by atoms with van der Waals surface area (Å²) in [5.74, 6) is 0.0880. The first-order chi connectivity index (χ1) is 10.6. The van der Waals surface area contributed by atoms with E-state index in [1.807, 2.05) is 0 Å². The molecule has 0 spiro atoms. The Morgan fingerprint density at radius 2 is 2.18 bits per heavy atom. The van der Waals surface area contributed by atoms with Crippen molar-refractivity contribution in [3.05, 3.63) is 52.4 Å². The predicted molar refractivity (Wildman–Crippen MR) is 83.3 cm³/mol. The van der Waals surface area contributed by atoms with Gasteiger partial charge in [-0.15, -0.1) is 0 Å². The molecule has 1 amide bonds. The normalized spacial score (nSPS) is 12.0. The topological polar surface area (TPSA) is 71.7 Å². The third-order valence-electron chi connectivity index (χ3n) is 2.92. The van der Waals surface area contributed by atoms with Crippen molar-refractivity contribution in [3.8, 4) is 5.75 Å². The van der Waals surface area contributed by atoms with Crippen molar-refractivity contribution in [2.45, 2.75) is 12.5 Å². The molecule has 0 aliphatic carbocycles. The quantitative estimate of drug-likeness (QED) is 0.809. The zero-order valence-electron chi connectivity index (χ0n) is 11.6. The molecule has 1 atom stereocenters. The lowest BCUT2D eigenvalue weighted by Gasteiger charge is -2.11. The van der Waals surface area contributed by atoms with E-state index in [1.54, 1.807) is 18.2 Å². The van der Waals surface area contributed by atoms with Crippen molar-refractivity contribution in [3.63, 3.8) is 0 Å². The van der Waals surface area contributed by atoms with Crippen LogP contribution in [0, 0.1) is 0 Å². The van der Waals surface area contributed by atoms with Gasteiger partial charge in [-0.05, 0) is 30.7 Å². The molecule has 0 aliphatic heterocycles. The molecule has 1 aromatic carbocycles. The van der Waals surface area contributed by atoms with Gasteiger partial charge >= 0.3 is 0 Å². The van der Waals surface area contributed by atoms with Gasteiger partial charge in [0.25, 0.3) is 5.91 Å². The fourth-order valence-corrected chi connectivity index (χ4v) is 2.23. The van der Waals surface area contributed by atoms with Gasteiger partial charge in [-0.2, -0.15) is 0 Å². The van der Waals surface area contributed by atoms with E-state index in [9.17, 15) is 9.90 Å². The number of rotatable bonds is 7. The molecule has 2 aromatic rings. The lowest BCUT2D eigenvalue weighted by Crippen LogP contribution is -2.30. The van der Waals surface area contributed by atoms with E-state index in [1.165, 1.54) is 18.6 Å². The summed E-state index contributed by atoms with van der Waals surface area (Å²) in [6, 6.07) is 6.44. The lowest BCUT2D eigenvalue weighted by molar-refractivity contribution is -0.123. The summed E-state index contributed by atoms with van der Waals surface area (Å²) in [4.78, 5) is 11.7. The second-order valence-electron chi connectivity index (χ2n) is 4.57. The molecule has 2 N–H and O–H groups in total. The Kier molecular flexibility index (Phi) is 6.12. The van der Waals surface area contributed by atoms with Crippen LogP contribution in [-0.4, -0.2) is 24.2 Å². The zero-order chi connectivity index (χ0) is 15.9. The van der Waals surface area contributed by atoms with Crippen molar-refractivity contribution < 1.29 is 19.1 Å². The van der Waals surface area contributed by atoms with Crippen LogP contribution in [0.25, 0.3) is 0 Å². The first kappa shape index (κ1) is 16.7. The van der Waals surface area contributed by atoms with Gasteiger partial charge in [0.15, 0.2) is 6.61 Å². The van der Waals surface area contributed by atoms with E-state index in [0.29, 0.717) is 34.3 Å². The maximum Gasteiger partial charge on any atom is 0.257 e. The van der Waals surface area contributed by atoms with Gasteiger partial charge in [-0.25, -0.2) is 0 Å². The number of carbonyl (C=O) groups is 1. The summed E-state index contributed by atoms with van der Waals surface area (Å²) in [5.41, 5.74) is 0.679. The van der Waals surface area contributed by atoms with Gasteiger partial charge < -0.3 is 19.6 Å². The number of aliphatic hydroxyl groups excluding tert-OH is 1. The largest absolute Gasteiger partial charge is 0.482 e. The number of furan rings is 1. The van der Waals surface area contributed by atoms with Crippen molar-refractivity contribution in [1.29, 1.82) is 0 Å². The molecule has 22 heavy (non-hydrogen) atoms. The van der Waals surface area contributed by atoms with Gasteiger partial charge in [0.05, 0.1) is 23.7 Å². The van der Waals surface area contributed by atoms with Crippen molar-refractivity contribution in [2.24, 2.45) is 0 Å². The zero-order valence-corrected chi connectivity index (χ0v) is 13.1. The molecule has 0 aliphatic rings. The van der Waals surface area contributed by atoms with Crippen LogP contribution in [-0.2, 0) is 4.79 Å². The van der Waals surface area contributed by atoms with Crippen LogP contribution in [0.5, 0.6) is 5.75 Å². The molecule has 0 bridgehead atoms. The van der Waals surface area contributed by atoms with Crippen molar-refractivity contribution in [2.75, 3.05) is 13.2 Å². The smallest absolute Gasteiger partial charge is 0.257 e. The average Bonchev–Trinajstić information content (AvgIpc) is 3.00. The molecule has 1 heterocycles. The predicted octanol–water partition coefficient (Wildman–Crippen LogP) is 3.21. The fraction of sp³-hybridized carbons (Fsp3) is 0.267. The van der Waals surface area contributed by atoms with Crippen LogP contribution >= 0.6 is 23.2 Å². The van der Waals surface area contributed by atoms with Gasteiger partial charge in [0.1, 0.15) is 5.75 Å². The monoisotopic (exact) mass is 343 g/mol. The number of carbonyl (C=O) groups excluding carboxylic acids is 1. The number of hydrogen-bond acceptors (Lipinski definition) is 4. The van der Waals surface area contributed by atoms with E-state index in [4.69, 9.17) is 32.4 Å². The number of nitrogens with one attached hydrogen (secondary N) is 1. The SMILES string of the molecule is O=C(COc1ccc(Cl)cc1Cl)NCC[C@@H](O)c1ccoc1. The first-order valence-electron chi connectivity index (χ1n) is 6.61. The van der Waals surface area contributed by atoms with E-state index in [-0.39, 0.29) is 12.5 Å². The van der Waals surface area contributed by atoms with Crippen LogP contribution in [0.1, 0.15) is 18.1 Å². The summed E-state index contributed by atoms with van der Waals surface area (Å²) in [6.07, 6.45) is 2.66. The molecule has 0 saturated carbocycles. The maximum atomic E-state index is 11.7. The Morgan fingerprint density at radius 1 is 1.36 bits per heavy atom. The summed E-state index contributed by atoms with van der Waals surface area (Å²) in [5, 5.41) is 13.3. The summed E-state index contributed by atoms with van der Waals surface area (Å²) >= 11 is 11.7. The highest BCUT2D eigenvalue weighted by atomic mass is 35.5. The van der Waals surface area contributed by atoms with Crippen LogP contribution < -0.4 is 10.1 Å². The van der Waals surface area contributed by atoms with Crippen molar-refractivity contribution in [1.82, 2.24) is 5.32 Å². The minimum absolute atomic E-state index is 0.164. The number of ether oxygens (including phenoxy) is 1. The van der Waals surface area contributed by atoms with E-state index in [0.717, 1.165) is 0 Å². The third kappa shape index (κ3) is 4.94. The molecule has 1 aromatic heterocycles. The molecule has 118 valence electrons. The van der Waals surface area contributed by atoms with Gasteiger partial charge in [0, 0.05) is 17.1 Å². The Morgan fingerprint density at radius 3 is 2.86 bits per heavy atom. The molecular formula is C15H15Cl2NO4. The lowest BCUT2D eigenvalue weighted by atomic mass is 10.1. The number of halogens is 2. The summed E-state index contributed by atoms with van der Waals surface area (Å²) in [7, 11) is 0. The highest BCUT2D eigenvalue weighted by Crippen LogP contribution is 2.27. The Hall–Kier alpha value is -1.69. The van der Waals surface area contributed by atoms with E-state index >= 15 is 0 Å². The molecule has 0 radical (unpaired) electrons. The molecule has 7 heteroatoms. The fourth-order valence-electron chi connectivity index (χ4n) is 1.77. The maximum absolute atomic E-state index is 11.7. The Labute approximate surface area is 137 Å². The molecule has 2 rings (SSSR count). The van der Waals surface area contributed by atoms with Crippen LogP contribution in [0.4, 0.5) is 0 Å². The van der Waals surface area contributed by atoms with E-state index in [2.05, 4.69) is 5.32 Å². The average molecular weight is 344 g/mol. The number of hydrogen-bond donors (Lipinski definition) is 2. The number of amides is 1. The molecule has 0 unspecified atom stereocenters. The summed E-state index contributed by atoms with van der Waals surface area (Å²) < 4.78 is 10.2. The number of benzene rings is 1. The Balaban J connectivity index is 1.70. The molecular weight excluding hydrogens is 329 g/mol. The highest BCUT2D eigenvalue weighted by Gasteiger charge is 2.10. The highest BCUT2D eigenvalue weighted by molar-refractivity contribution is 6.35. The second kappa shape index (κ2) is 8.08. The van der Waals surface area contributed by atoms with Crippen LogP contribution in [0.3, 0.4) is 0 Å².